The lowest BCUT2D eigenvalue weighted by molar-refractivity contribution is 0.532. The van der Waals surface area contributed by atoms with Crippen molar-refractivity contribution in [1.29, 1.82) is 5.26 Å². The molecule has 0 heterocycles. The Morgan fingerprint density at radius 2 is 1.92 bits per heavy atom. The van der Waals surface area contributed by atoms with Crippen molar-refractivity contribution in [2.45, 2.75) is 52.0 Å². The summed E-state index contributed by atoms with van der Waals surface area (Å²) >= 11 is 0. The minimum Gasteiger partial charge on any atom is -0.313 e. The summed E-state index contributed by atoms with van der Waals surface area (Å²) < 4.78 is 0. The van der Waals surface area contributed by atoms with Gasteiger partial charge >= 0.3 is 0 Å². The van der Waals surface area contributed by atoms with Crippen LogP contribution in [0.15, 0.2) is 0 Å². The molecule has 0 spiro atoms. The van der Waals surface area contributed by atoms with E-state index in [2.05, 4.69) is 11.4 Å². The highest BCUT2D eigenvalue weighted by atomic mass is 14.9. The van der Waals surface area contributed by atoms with Crippen molar-refractivity contribution >= 4 is 0 Å². The van der Waals surface area contributed by atoms with E-state index in [0.29, 0.717) is 12.5 Å². The molecule has 0 unspecified atom stereocenters. The van der Waals surface area contributed by atoms with Gasteiger partial charge in [0.25, 0.3) is 0 Å². The second kappa shape index (κ2) is 8.55. The number of rotatable bonds is 3. The minimum absolute atomic E-state index is 0.649. The second-order valence-corrected chi connectivity index (χ2v) is 2.84. The van der Waals surface area contributed by atoms with E-state index in [0.717, 1.165) is 6.54 Å². The van der Waals surface area contributed by atoms with Crippen molar-refractivity contribution in [3.8, 4) is 6.07 Å². The first-order valence-corrected chi connectivity index (χ1v) is 5.04. The SMILES string of the molecule is CC.N#CCCNC1CCCC1. The quantitative estimate of drug-likeness (QED) is 0.657. The maximum Gasteiger partial charge on any atom is 0.0635 e. The fourth-order valence-corrected chi connectivity index (χ4v) is 1.46. The Hall–Kier alpha value is -0.550. The summed E-state index contributed by atoms with van der Waals surface area (Å²) in [4.78, 5) is 0. The van der Waals surface area contributed by atoms with Crippen LogP contribution in [0.4, 0.5) is 0 Å². The molecule has 0 saturated heterocycles. The highest BCUT2D eigenvalue weighted by Gasteiger charge is 2.12. The van der Waals surface area contributed by atoms with Gasteiger partial charge in [-0.25, -0.2) is 0 Å². The number of nitrogens with zero attached hydrogens (tertiary/aromatic N) is 1. The molecule has 70 valence electrons. The van der Waals surface area contributed by atoms with Crippen LogP contribution in [0.5, 0.6) is 0 Å². The summed E-state index contributed by atoms with van der Waals surface area (Å²) in [5.41, 5.74) is 0. The van der Waals surface area contributed by atoms with Crippen molar-refractivity contribution in [2.75, 3.05) is 6.54 Å². The van der Waals surface area contributed by atoms with E-state index in [1.807, 2.05) is 13.8 Å². The number of hydrogen-bond donors (Lipinski definition) is 1. The highest BCUT2D eigenvalue weighted by molar-refractivity contribution is 4.76. The molecule has 0 radical (unpaired) electrons. The Balaban J connectivity index is 0.000000561. The zero-order chi connectivity index (χ0) is 9.23. The lowest BCUT2D eigenvalue weighted by atomic mass is 10.2. The topological polar surface area (TPSA) is 35.8 Å². The molecule has 0 aromatic rings. The maximum atomic E-state index is 8.25. The Morgan fingerprint density at radius 3 is 2.42 bits per heavy atom. The van der Waals surface area contributed by atoms with Crippen molar-refractivity contribution in [3.63, 3.8) is 0 Å². The van der Waals surface area contributed by atoms with E-state index in [1.54, 1.807) is 0 Å². The molecule has 1 fully saturated rings. The third-order valence-corrected chi connectivity index (χ3v) is 2.02. The van der Waals surface area contributed by atoms with Gasteiger partial charge in [-0.05, 0) is 12.8 Å². The predicted molar refractivity (Wildman–Crippen MR) is 51.8 cm³/mol. The van der Waals surface area contributed by atoms with Gasteiger partial charge in [-0.1, -0.05) is 26.7 Å². The monoisotopic (exact) mass is 168 g/mol. The summed E-state index contributed by atoms with van der Waals surface area (Å²) in [5.74, 6) is 0. The third kappa shape index (κ3) is 5.15. The molecule has 0 amide bonds. The minimum atomic E-state index is 0.649. The second-order valence-electron chi connectivity index (χ2n) is 2.84. The Kier molecular flexibility index (Phi) is 8.15. The van der Waals surface area contributed by atoms with Crippen molar-refractivity contribution in [1.82, 2.24) is 5.32 Å². The van der Waals surface area contributed by atoms with E-state index < -0.39 is 0 Å². The van der Waals surface area contributed by atoms with Crippen LogP contribution in [-0.2, 0) is 0 Å². The van der Waals surface area contributed by atoms with Crippen LogP contribution < -0.4 is 5.32 Å². The first-order valence-electron chi connectivity index (χ1n) is 5.04. The van der Waals surface area contributed by atoms with Crippen LogP contribution in [0.25, 0.3) is 0 Å². The van der Waals surface area contributed by atoms with Crippen LogP contribution in [0.2, 0.25) is 0 Å². The van der Waals surface area contributed by atoms with Crippen LogP contribution in [0.1, 0.15) is 46.0 Å². The van der Waals surface area contributed by atoms with Crippen molar-refractivity contribution in [2.24, 2.45) is 0 Å². The van der Waals surface area contributed by atoms with Crippen LogP contribution >= 0.6 is 0 Å². The van der Waals surface area contributed by atoms with Gasteiger partial charge in [0, 0.05) is 19.0 Å². The summed E-state index contributed by atoms with van der Waals surface area (Å²) in [6.07, 6.45) is 6.00. The van der Waals surface area contributed by atoms with Crippen LogP contribution in [0, 0.1) is 11.3 Å². The normalized spacial score (nSPS) is 16.4. The molecule has 0 bridgehead atoms. The third-order valence-electron chi connectivity index (χ3n) is 2.02. The Morgan fingerprint density at radius 1 is 1.33 bits per heavy atom. The molecule has 1 saturated carbocycles. The molecule has 0 atom stereocenters. The van der Waals surface area contributed by atoms with E-state index in [4.69, 9.17) is 5.26 Å². The average molecular weight is 168 g/mol. The molecule has 0 aromatic carbocycles. The first-order chi connectivity index (χ1) is 5.93. The highest BCUT2D eigenvalue weighted by Crippen LogP contribution is 2.17. The van der Waals surface area contributed by atoms with Crippen LogP contribution in [0.3, 0.4) is 0 Å². The summed E-state index contributed by atoms with van der Waals surface area (Å²) in [7, 11) is 0. The van der Waals surface area contributed by atoms with Gasteiger partial charge in [-0.3, -0.25) is 0 Å². The van der Waals surface area contributed by atoms with Gasteiger partial charge in [0.2, 0.25) is 0 Å². The first kappa shape index (κ1) is 11.4. The zero-order valence-corrected chi connectivity index (χ0v) is 8.27. The molecular formula is C10H20N2. The molecule has 1 aliphatic carbocycles. The van der Waals surface area contributed by atoms with E-state index in [9.17, 15) is 0 Å². The fourth-order valence-electron chi connectivity index (χ4n) is 1.46. The molecule has 1 N–H and O–H groups in total. The number of nitrogens with one attached hydrogen (secondary N) is 1. The van der Waals surface area contributed by atoms with Crippen molar-refractivity contribution < 1.29 is 0 Å². The molecule has 1 aliphatic rings. The maximum absolute atomic E-state index is 8.25. The van der Waals surface area contributed by atoms with Gasteiger partial charge in [0.1, 0.15) is 0 Å². The van der Waals surface area contributed by atoms with Gasteiger partial charge in [0.15, 0.2) is 0 Å². The fraction of sp³-hybridized carbons (Fsp3) is 0.900. The molecule has 2 nitrogen and oxygen atoms in total. The lowest BCUT2D eigenvalue weighted by Crippen LogP contribution is -2.26. The smallest absolute Gasteiger partial charge is 0.0635 e. The molecular weight excluding hydrogens is 148 g/mol. The lowest BCUT2D eigenvalue weighted by Gasteiger charge is -2.08. The largest absolute Gasteiger partial charge is 0.313 e. The Labute approximate surface area is 76.0 Å². The molecule has 0 aliphatic heterocycles. The molecule has 1 rings (SSSR count). The van der Waals surface area contributed by atoms with Gasteiger partial charge in [-0.15, -0.1) is 0 Å². The number of nitriles is 1. The summed E-state index contributed by atoms with van der Waals surface area (Å²) in [6, 6.07) is 2.85. The summed E-state index contributed by atoms with van der Waals surface area (Å²) in [5, 5.41) is 11.6. The van der Waals surface area contributed by atoms with Crippen molar-refractivity contribution in [3.05, 3.63) is 0 Å². The van der Waals surface area contributed by atoms with Gasteiger partial charge in [0.05, 0.1) is 6.07 Å². The molecule has 12 heavy (non-hydrogen) atoms. The van der Waals surface area contributed by atoms with E-state index in [-0.39, 0.29) is 0 Å². The van der Waals surface area contributed by atoms with Crippen LogP contribution in [-0.4, -0.2) is 12.6 Å². The number of hydrogen-bond acceptors (Lipinski definition) is 2. The Bertz CT molecular complexity index is 120. The zero-order valence-electron chi connectivity index (χ0n) is 8.27. The molecule has 0 aromatic heterocycles. The summed E-state index contributed by atoms with van der Waals surface area (Å²) in [6.45, 7) is 4.88. The van der Waals surface area contributed by atoms with E-state index >= 15 is 0 Å². The predicted octanol–water partition coefficient (Wildman–Crippen LogP) is 2.46. The van der Waals surface area contributed by atoms with Gasteiger partial charge < -0.3 is 5.32 Å². The molecule has 2 heteroatoms. The average Bonchev–Trinajstić information content (AvgIpc) is 2.61. The standard InChI is InChI=1S/C8H14N2.C2H6/c9-6-3-7-10-8-4-1-2-5-8;1-2/h8,10H,1-5,7H2;1-2H3. The van der Waals surface area contributed by atoms with Gasteiger partial charge in [-0.2, -0.15) is 5.26 Å². The van der Waals surface area contributed by atoms with E-state index in [1.165, 1.54) is 25.7 Å².